The number of hydrogen-bond donors (Lipinski definition) is 3. The second kappa shape index (κ2) is 7.98. The second-order valence-electron chi connectivity index (χ2n) is 5.87. The third-order valence-electron chi connectivity index (χ3n) is 4.00. The minimum absolute atomic E-state index is 0.0881. The zero-order chi connectivity index (χ0) is 21.2. The van der Waals surface area contributed by atoms with E-state index in [0.717, 1.165) is 17.7 Å². The monoisotopic (exact) mass is 434 g/mol. The number of ether oxygens (including phenoxy) is 1. The van der Waals surface area contributed by atoms with Crippen LogP contribution in [-0.2, 0) is 10.0 Å². The Morgan fingerprint density at radius 3 is 2.55 bits per heavy atom. The Kier molecular flexibility index (Phi) is 5.62. The van der Waals surface area contributed by atoms with Gasteiger partial charge in [0.25, 0.3) is 10.0 Å². The molecule has 1 aromatic heterocycles. The summed E-state index contributed by atoms with van der Waals surface area (Å²) in [5, 5.41) is 18.8. The van der Waals surface area contributed by atoms with Crippen LogP contribution in [0.15, 0.2) is 59.8 Å². The average molecular weight is 435 g/mol. The molecule has 0 radical (unpaired) electrons. The molecule has 0 aliphatic rings. The van der Waals surface area contributed by atoms with Crippen LogP contribution in [0.1, 0.15) is 10.4 Å². The number of carboxylic acids is 1. The van der Waals surface area contributed by atoms with Crippen molar-refractivity contribution in [3.63, 3.8) is 0 Å². The molecule has 0 aliphatic heterocycles. The molecule has 0 bridgehead atoms. The number of pyridine rings is 1. The summed E-state index contributed by atoms with van der Waals surface area (Å²) in [6.07, 6.45) is 3.22. The summed E-state index contributed by atoms with van der Waals surface area (Å²) in [5.41, 5.74) is 1.11. The molecule has 0 spiro atoms. The fraction of sp³-hybridized carbons (Fsp3) is 0.0526. The number of aromatic carboxylic acids is 1. The number of nitrogens with zero attached hydrogens (tertiary/aromatic N) is 1. The van der Waals surface area contributed by atoms with Gasteiger partial charge in [-0.25, -0.2) is 13.2 Å². The molecule has 3 rings (SSSR count). The summed E-state index contributed by atoms with van der Waals surface area (Å²) >= 11 is 5.80. The molecule has 2 aromatic carbocycles. The summed E-state index contributed by atoms with van der Waals surface area (Å²) in [4.78, 5) is 14.6. The molecule has 8 nitrogen and oxygen atoms in total. The highest BCUT2D eigenvalue weighted by Gasteiger charge is 2.25. The lowest BCUT2D eigenvalue weighted by Gasteiger charge is -2.15. The number of benzene rings is 2. The quantitative estimate of drug-likeness (QED) is 0.540. The van der Waals surface area contributed by atoms with Crippen LogP contribution in [0.5, 0.6) is 11.5 Å². The van der Waals surface area contributed by atoms with Gasteiger partial charge in [0.2, 0.25) is 0 Å². The molecule has 3 aromatic rings. The Morgan fingerprint density at radius 2 is 1.93 bits per heavy atom. The topological polar surface area (TPSA) is 126 Å². The number of hydrogen-bond acceptors (Lipinski definition) is 6. The molecule has 150 valence electrons. The van der Waals surface area contributed by atoms with Crippen LogP contribution in [-0.4, -0.2) is 36.7 Å². The van der Waals surface area contributed by atoms with E-state index in [9.17, 15) is 18.3 Å². The zero-order valence-corrected chi connectivity index (χ0v) is 16.5. The van der Waals surface area contributed by atoms with E-state index in [0.29, 0.717) is 5.56 Å². The number of aromatic hydroxyl groups is 1. The molecule has 0 saturated carbocycles. The van der Waals surface area contributed by atoms with Gasteiger partial charge in [0.15, 0.2) is 5.75 Å². The third-order valence-corrected chi connectivity index (χ3v) is 5.67. The molecule has 0 atom stereocenters. The standard InChI is InChI=1S/C19H15ClN2O6S/c1-28-16-5-4-11(12-3-2-6-21-10-12)8-15(16)22-29(26,27)17-9-13(19(24)25)7-14(20)18(17)23/h2-10,22-23H,1H3,(H,24,25). The maximum absolute atomic E-state index is 12.9. The molecule has 0 unspecified atom stereocenters. The zero-order valence-electron chi connectivity index (χ0n) is 15.0. The molecule has 0 amide bonds. The van der Waals surface area contributed by atoms with E-state index in [2.05, 4.69) is 9.71 Å². The van der Waals surface area contributed by atoms with Crippen molar-refractivity contribution in [3.05, 3.63) is 65.4 Å². The number of nitrogens with one attached hydrogen (secondary N) is 1. The third kappa shape index (κ3) is 4.25. The Hall–Kier alpha value is -3.30. The number of phenols is 1. The molecule has 0 fully saturated rings. The number of anilines is 1. The van der Waals surface area contributed by atoms with Crippen LogP contribution in [0.3, 0.4) is 0 Å². The van der Waals surface area contributed by atoms with Gasteiger partial charge in [0, 0.05) is 18.0 Å². The highest BCUT2D eigenvalue weighted by atomic mass is 35.5. The number of sulfonamides is 1. The lowest BCUT2D eigenvalue weighted by molar-refractivity contribution is 0.0696. The summed E-state index contributed by atoms with van der Waals surface area (Å²) in [6, 6.07) is 10.2. The first kappa shape index (κ1) is 20.4. The van der Waals surface area contributed by atoms with Crippen LogP contribution >= 0.6 is 11.6 Å². The van der Waals surface area contributed by atoms with Crippen molar-refractivity contribution in [2.24, 2.45) is 0 Å². The molecule has 0 aliphatic carbocycles. The van der Waals surface area contributed by atoms with Crippen molar-refractivity contribution >= 4 is 33.3 Å². The van der Waals surface area contributed by atoms with Crippen LogP contribution in [0, 0.1) is 0 Å². The van der Waals surface area contributed by atoms with Crippen LogP contribution in [0.2, 0.25) is 5.02 Å². The summed E-state index contributed by atoms with van der Waals surface area (Å²) in [6.45, 7) is 0. The van der Waals surface area contributed by atoms with Gasteiger partial charge in [-0.05, 0) is 35.9 Å². The number of carbonyl (C=O) groups is 1. The second-order valence-corrected chi connectivity index (χ2v) is 7.93. The number of methoxy groups -OCH3 is 1. The number of carboxylic acid groups (broad SMARTS) is 1. The SMILES string of the molecule is COc1ccc(-c2cccnc2)cc1NS(=O)(=O)c1cc(C(=O)O)cc(Cl)c1O. The molecule has 29 heavy (non-hydrogen) atoms. The van der Waals surface area contributed by atoms with Crippen LogP contribution in [0.4, 0.5) is 5.69 Å². The van der Waals surface area contributed by atoms with Gasteiger partial charge in [-0.1, -0.05) is 23.7 Å². The minimum atomic E-state index is -4.40. The van der Waals surface area contributed by atoms with E-state index < -0.39 is 31.7 Å². The fourth-order valence-corrected chi connectivity index (χ4v) is 4.08. The van der Waals surface area contributed by atoms with Gasteiger partial charge in [0.05, 0.1) is 23.4 Å². The van der Waals surface area contributed by atoms with E-state index >= 15 is 0 Å². The molecule has 3 N–H and O–H groups in total. The van der Waals surface area contributed by atoms with Crippen molar-refractivity contribution in [3.8, 4) is 22.6 Å². The maximum Gasteiger partial charge on any atom is 0.335 e. The van der Waals surface area contributed by atoms with Crippen molar-refractivity contribution in [2.75, 3.05) is 11.8 Å². The highest BCUT2D eigenvalue weighted by Crippen LogP contribution is 2.36. The Labute approximate surface area is 171 Å². The summed E-state index contributed by atoms with van der Waals surface area (Å²) in [7, 11) is -3.03. The molecule has 0 saturated heterocycles. The van der Waals surface area contributed by atoms with Gasteiger partial charge in [-0.3, -0.25) is 9.71 Å². The van der Waals surface area contributed by atoms with E-state index in [4.69, 9.17) is 21.4 Å². The van der Waals surface area contributed by atoms with Crippen LogP contribution in [0.25, 0.3) is 11.1 Å². The minimum Gasteiger partial charge on any atom is -0.505 e. The van der Waals surface area contributed by atoms with E-state index in [1.807, 2.05) is 0 Å². The first-order chi connectivity index (χ1) is 13.7. The van der Waals surface area contributed by atoms with Crippen LogP contribution < -0.4 is 9.46 Å². The van der Waals surface area contributed by atoms with E-state index in [1.165, 1.54) is 13.2 Å². The predicted molar refractivity (Wildman–Crippen MR) is 107 cm³/mol. The number of phenolic OH excluding ortho intramolecular Hbond substituents is 1. The molecular weight excluding hydrogens is 420 g/mol. The normalized spacial score (nSPS) is 11.1. The number of aromatic nitrogens is 1. The highest BCUT2D eigenvalue weighted by molar-refractivity contribution is 7.92. The van der Waals surface area contributed by atoms with Gasteiger partial charge in [0.1, 0.15) is 10.6 Å². The Bertz CT molecular complexity index is 1180. The van der Waals surface area contributed by atoms with Crippen molar-refractivity contribution in [2.45, 2.75) is 4.90 Å². The largest absolute Gasteiger partial charge is 0.505 e. The lowest BCUT2D eigenvalue weighted by atomic mass is 10.1. The van der Waals surface area contributed by atoms with Crippen molar-refractivity contribution < 1.29 is 28.2 Å². The molecular formula is C19H15ClN2O6S. The van der Waals surface area contributed by atoms with Gasteiger partial charge < -0.3 is 14.9 Å². The van der Waals surface area contributed by atoms with Gasteiger partial charge >= 0.3 is 5.97 Å². The first-order valence-corrected chi connectivity index (χ1v) is 9.96. The van der Waals surface area contributed by atoms with Crippen molar-refractivity contribution in [1.82, 2.24) is 4.98 Å². The predicted octanol–water partition coefficient (Wildman–Crippen LogP) is 3.62. The first-order valence-electron chi connectivity index (χ1n) is 8.10. The fourth-order valence-electron chi connectivity index (χ4n) is 2.60. The van der Waals surface area contributed by atoms with Gasteiger partial charge in [-0.2, -0.15) is 0 Å². The smallest absolute Gasteiger partial charge is 0.335 e. The number of rotatable bonds is 6. The Balaban J connectivity index is 2.08. The number of halogens is 1. The van der Waals surface area contributed by atoms with Crippen molar-refractivity contribution in [1.29, 1.82) is 0 Å². The molecule has 1 heterocycles. The van der Waals surface area contributed by atoms with Gasteiger partial charge in [-0.15, -0.1) is 0 Å². The average Bonchev–Trinajstić information content (AvgIpc) is 2.70. The molecule has 10 heteroatoms. The lowest BCUT2D eigenvalue weighted by Crippen LogP contribution is -2.15. The summed E-state index contributed by atoms with van der Waals surface area (Å²) in [5.74, 6) is -1.92. The maximum atomic E-state index is 12.9. The summed E-state index contributed by atoms with van der Waals surface area (Å²) < 4.78 is 33.3. The van der Waals surface area contributed by atoms with E-state index in [-0.39, 0.29) is 17.0 Å². The van der Waals surface area contributed by atoms with E-state index in [1.54, 1.807) is 36.7 Å². The Morgan fingerprint density at radius 1 is 1.17 bits per heavy atom.